The molecule has 2 heterocycles. The van der Waals surface area contributed by atoms with Crippen LogP contribution in [0.1, 0.15) is 12.2 Å². The van der Waals surface area contributed by atoms with Crippen molar-refractivity contribution < 1.29 is 0 Å². The lowest BCUT2D eigenvalue weighted by atomic mass is 10.0. The molecule has 0 aliphatic carbocycles. The monoisotopic (exact) mass is 266 g/mol. The first-order valence-corrected chi connectivity index (χ1v) is 7.00. The maximum atomic E-state index is 4.35. The summed E-state index contributed by atoms with van der Waals surface area (Å²) in [6.45, 7) is 3.44. The number of aromatic nitrogens is 3. The van der Waals surface area contributed by atoms with Crippen molar-refractivity contribution in [2.75, 3.05) is 40.8 Å². The molecule has 1 aromatic heterocycles. The highest BCUT2D eigenvalue weighted by Crippen LogP contribution is 2.13. The van der Waals surface area contributed by atoms with Gasteiger partial charge in [-0.05, 0) is 40.7 Å². The van der Waals surface area contributed by atoms with E-state index in [1.807, 2.05) is 18.8 Å². The minimum Gasteiger partial charge on any atom is -0.315 e. The molecule has 0 aromatic carbocycles. The van der Waals surface area contributed by atoms with Crippen LogP contribution < -0.4 is 5.32 Å². The number of nitrogens with zero attached hydrogens (tertiary/aromatic N) is 5. The molecule has 1 aromatic rings. The summed E-state index contributed by atoms with van der Waals surface area (Å²) in [6.07, 6.45) is 3.78. The van der Waals surface area contributed by atoms with Gasteiger partial charge in [-0.1, -0.05) is 0 Å². The lowest BCUT2D eigenvalue weighted by Gasteiger charge is -2.34. The Hall–Kier alpha value is -0.980. The molecule has 1 saturated heterocycles. The van der Waals surface area contributed by atoms with Crippen LogP contribution in [0.4, 0.5) is 0 Å². The third-order valence-corrected chi connectivity index (χ3v) is 4.16. The largest absolute Gasteiger partial charge is 0.315 e. The maximum Gasteiger partial charge on any atom is 0.138 e. The van der Waals surface area contributed by atoms with Crippen molar-refractivity contribution in [1.29, 1.82) is 0 Å². The fourth-order valence-corrected chi connectivity index (χ4v) is 2.87. The van der Waals surface area contributed by atoms with E-state index in [1.165, 1.54) is 13.0 Å². The number of likely N-dealkylation sites (N-methyl/N-ethyl adjacent to an activating group) is 3. The van der Waals surface area contributed by atoms with Gasteiger partial charge in [-0.2, -0.15) is 5.10 Å². The molecule has 6 nitrogen and oxygen atoms in total. The second kappa shape index (κ2) is 6.45. The highest BCUT2D eigenvalue weighted by atomic mass is 15.3. The molecule has 1 aliphatic heterocycles. The zero-order chi connectivity index (χ0) is 13.8. The average molecular weight is 266 g/mol. The second-order valence-electron chi connectivity index (χ2n) is 5.56. The lowest BCUT2D eigenvalue weighted by Crippen LogP contribution is -2.52. The average Bonchev–Trinajstić information content (AvgIpc) is 2.70. The molecule has 0 saturated carbocycles. The van der Waals surface area contributed by atoms with Crippen LogP contribution in [0, 0.1) is 0 Å². The number of hydrogen-bond donors (Lipinski definition) is 1. The first-order chi connectivity index (χ1) is 9.11. The molecule has 19 heavy (non-hydrogen) atoms. The van der Waals surface area contributed by atoms with Crippen molar-refractivity contribution in [2.45, 2.75) is 24.9 Å². The summed E-state index contributed by atoms with van der Waals surface area (Å²) in [6, 6.07) is 0.905. The smallest absolute Gasteiger partial charge is 0.138 e. The van der Waals surface area contributed by atoms with Gasteiger partial charge in [0.05, 0.1) is 0 Å². The summed E-state index contributed by atoms with van der Waals surface area (Å²) in [7, 11) is 8.43. The zero-order valence-corrected chi connectivity index (χ0v) is 12.5. The van der Waals surface area contributed by atoms with E-state index in [1.54, 1.807) is 6.33 Å². The van der Waals surface area contributed by atoms with E-state index in [4.69, 9.17) is 0 Å². The molecular weight excluding hydrogens is 240 g/mol. The van der Waals surface area contributed by atoms with Crippen molar-refractivity contribution in [3.05, 3.63) is 12.2 Å². The fourth-order valence-electron chi connectivity index (χ4n) is 2.87. The lowest BCUT2D eigenvalue weighted by molar-refractivity contribution is 0.179. The van der Waals surface area contributed by atoms with Gasteiger partial charge in [-0.15, -0.1) is 0 Å². The Kier molecular flexibility index (Phi) is 4.90. The van der Waals surface area contributed by atoms with Crippen molar-refractivity contribution >= 4 is 0 Å². The molecule has 1 aliphatic rings. The van der Waals surface area contributed by atoms with Crippen LogP contribution in [-0.4, -0.2) is 77.4 Å². The summed E-state index contributed by atoms with van der Waals surface area (Å²) in [4.78, 5) is 9.24. The number of hydrogen-bond acceptors (Lipinski definition) is 5. The van der Waals surface area contributed by atoms with E-state index < -0.39 is 0 Å². The van der Waals surface area contributed by atoms with Gasteiger partial charge < -0.3 is 15.1 Å². The number of aryl methyl sites for hydroxylation is 1. The topological polar surface area (TPSA) is 49.2 Å². The van der Waals surface area contributed by atoms with Crippen LogP contribution in [0.15, 0.2) is 6.33 Å². The molecule has 1 fully saturated rings. The highest BCUT2D eigenvalue weighted by Gasteiger charge is 2.28. The van der Waals surface area contributed by atoms with Gasteiger partial charge >= 0.3 is 0 Å². The number of rotatable bonds is 4. The molecule has 2 unspecified atom stereocenters. The molecule has 0 amide bonds. The van der Waals surface area contributed by atoms with Gasteiger partial charge in [-0.3, -0.25) is 4.68 Å². The SMILES string of the molecule is CNC(Cc1ncnn1C)C1CN(C)CCCN1C. The third-order valence-electron chi connectivity index (χ3n) is 4.16. The maximum absolute atomic E-state index is 4.35. The summed E-state index contributed by atoms with van der Waals surface area (Å²) in [5.41, 5.74) is 0. The van der Waals surface area contributed by atoms with Gasteiger partial charge in [0.15, 0.2) is 0 Å². The van der Waals surface area contributed by atoms with E-state index in [0.717, 1.165) is 25.3 Å². The second-order valence-corrected chi connectivity index (χ2v) is 5.56. The molecule has 6 heteroatoms. The third kappa shape index (κ3) is 3.52. The number of nitrogens with one attached hydrogen (secondary N) is 1. The standard InChI is InChI=1S/C13H26N6/c1-14-11(8-13-15-10-16-19(13)4)12-9-17(2)6-5-7-18(12)3/h10-12,14H,5-9H2,1-4H3. The summed E-state index contributed by atoms with van der Waals surface area (Å²) < 4.78 is 1.87. The first-order valence-electron chi connectivity index (χ1n) is 7.00. The highest BCUT2D eigenvalue weighted by molar-refractivity contribution is 4.95. The normalized spacial score (nSPS) is 24.3. The molecule has 0 spiro atoms. The van der Waals surface area contributed by atoms with Gasteiger partial charge in [0.2, 0.25) is 0 Å². The van der Waals surface area contributed by atoms with E-state index in [-0.39, 0.29) is 0 Å². The summed E-state index contributed by atoms with van der Waals surface area (Å²) >= 11 is 0. The van der Waals surface area contributed by atoms with Crippen LogP contribution in [0.5, 0.6) is 0 Å². The Morgan fingerprint density at radius 3 is 2.79 bits per heavy atom. The molecule has 2 rings (SSSR count). The van der Waals surface area contributed by atoms with Crippen LogP contribution in [-0.2, 0) is 13.5 Å². The van der Waals surface area contributed by atoms with Crippen LogP contribution in [0.2, 0.25) is 0 Å². The minimum atomic E-state index is 0.397. The van der Waals surface area contributed by atoms with E-state index >= 15 is 0 Å². The molecule has 2 atom stereocenters. The molecular formula is C13H26N6. The molecule has 108 valence electrons. The predicted molar refractivity (Wildman–Crippen MR) is 76.1 cm³/mol. The predicted octanol–water partition coefficient (Wildman–Crippen LogP) is -0.418. The van der Waals surface area contributed by atoms with Gasteiger partial charge in [0.25, 0.3) is 0 Å². The minimum absolute atomic E-state index is 0.397. The van der Waals surface area contributed by atoms with Gasteiger partial charge in [0, 0.05) is 32.1 Å². The molecule has 0 radical (unpaired) electrons. The Morgan fingerprint density at radius 1 is 1.37 bits per heavy atom. The Balaban J connectivity index is 2.08. The summed E-state index contributed by atoms with van der Waals surface area (Å²) in [5.74, 6) is 1.04. The van der Waals surface area contributed by atoms with Crippen LogP contribution in [0.3, 0.4) is 0 Å². The van der Waals surface area contributed by atoms with Crippen LogP contribution >= 0.6 is 0 Å². The van der Waals surface area contributed by atoms with Gasteiger partial charge in [0.1, 0.15) is 12.2 Å². The molecule has 0 bridgehead atoms. The Labute approximate surface area is 115 Å². The van der Waals surface area contributed by atoms with Crippen molar-refractivity contribution in [1.82, 2.24) is 29.9 Å². The summed E-state index contributed by atoms with van der Waals surface area (Å²) in [5, 5.41) is 7.62. The Morgan fingerprint density at radius 2 is 2.16 bits per heavy atom. The van der Waals surface area contributed by atoms with E-state index in [2.05, 4.69) is 39.3 Å². The van der Waals surface area contributed by atoms with Crippen molar-refractivity contribution in [3.63, 3.8) is 0 Å². The van der Waals surface area contributed by atoms with Crippen LogP contribution in [0.25, 0.3) is 0 Å². The quantitative estimate of drug-likeness (QED) is 0.802. The van der Waals surface area contributed by atoms with Crippen molar-refractivity contribution in [3.8, 4) is 0 Å². The zero-order valence-electron chi connectivity index (χ0n) is 12.5. The first kappa shape index (κ1) is 14.4. The Bertz CT molecular complexity index is 390. The van der Waals surface area contributed by atoms with E-state index in [0.29, 0.717) is 12.1 Å². The van der Waals surface area contributed by atoms with E-state index in [9.17, 15) is 0 Å². The van der Waals surface area contributed by atoms with Crippen molar-refractivity contribution in [2.24, 2.45) is 7.05 Å². The molecule has 1 N–H and O–H groups in total. The fraction of sp³-hybridized carbons (Fsp3) is 0.846. The van der Waals surface area contributed by atoms with Gasteiger partial charge in [-0.25, -0.2) is 4.98 Å².